The number of sulfonamides is 1. The number of rotatable bonds is 6. The molecule has 0 aliphatic carbocycles. The molecule has 0 bridgehead atoms. The van der Waals surface area contributed by atoms with E-state index in [-0.39, 0.29) is 10.9 Å². The van der Waals surface area contributed by atoms with Crippen LogP contribution in [0.2, 0.25) is 0 Å². The molecule has 1 N–H and O–H groups in total. The maximum Gasteiger partial charge on any atom is 0.243 e. The molecule has 2 unspecified atom stereocenters. The van der Waals surface area contributed by atoms with E-state index in [2.05, 4.69) is 0 Å². The van der Waals surface area contributed by atoms with Gasteiger partial charge in [0.05, 0.1) is 11.0 Å². The van der Waals surface area contributed by atoms with Crippen molar-refractivity contribution in [2.24, 2.45) is 0 Å². The van der Waals surface area contributed by atoms with Gasteiger partial charge in [-0.1, -0.05) is 25.5 Å². The van der Waals surface area contributed by atoms with Crippen molar-refractivity contribution >= 4 is 10.0 Å². The smallest absolute Gasteiger partial charge is 0.243 e. The van der Waals surface area contributed by atoms with Crippen LogP contribution in [0.15, 0.2) is 29.2 Å². The van der Waals surface area contributed by atoms with Crippen molar-refractivity contribution in [3.8, 4) is 0 Å². The van der Waals surface area contributed by atoms with Crippen LogP contribution in [0.4, 0.5) is 0 Å². The molecule has 5 heteroatoms. The van der Waals surface area contributed by atoms with Gasteiger partial charge in [0.1, 0.15) is 0 Å². The third kappa shape index (κ3) is 3.78. The van der Waals surface area contributed by atoms with Crippen LogP contribution in [0.25, 0.3) is 0 Å². The predicted molar refractivity (Wildman–Crippen MR) is 76.4 cm³/mol. The zero-order valence-electron chi connectivity index (χ0n) is 12.0. The van der Waals surface area contributed by atoms with E-state index in [9.17, 15) is 13.5 Å². The number of nitrogens with zero attached hydrogens (tertiary/aromatic N) is 1. The molecule has 1 aromatic carbocycles. The van der Waals surface area contributed by atoms with Crippen molar-refractivity contribution in [3.05, 3.63) is 29.8 Å². The van der Waals surface area contributed by atoms with Crippen LogP contribution in [0, 0.1) is 0 Å². The SMILES string of the molecule is CCCC(C)N(C)S(=O)(=O)c1cccc(C(C)O)c1. The van der Waals surface area contributed by atoms with Crippen LogP contribution in [-0.2, 0) is 10.0 Å². The van der Waals surface area contributed by atoms with Crippen molar-refractivity contribution in [2.75, 3.05) is 7.05 Å². The average molecular weight is 285 g/mol. The second kappa shape index (κ2) is 6.50. The van der Waals surface area contributed by atoms with Crippen LogP contribution in [0.5, 0.6) is 0 Å². The van der Waals surface area contributed by atoms with Crippen molar-refractivity contribution in [3.63, 3.8) is 0 Å². The van der Waals surface area contributed by atoms with Crippen molar-refractivity contribution < 1.29 is 13.5 Å². The Labute approximate surface area is 116 Å². The Morgan fingerprint density at radius 2 is 1.95 bits per heavy atom. The predicted octanol–water partition coefficient (Wildman–Crippen LogP) is 2.55. The molecular formula is C14H23NO3S. The maximum absolute atomic E-state index is 12.5. The zero-order valence-corrected chi connectivity index (χ0v) is 12.8. The van der Waals surface area contributed by atoms with E-state index in [0.717, 1.165) is 12.8 Å². The molecule has 0 aromatic heterocycles. The second-order valence-electron chi connectivity index (χ2n) is 4.91. The van der Waals surface area contributed by atoms with Gasteiger partial charge in [0.25, 0.3) is 0 Å². The minimum Gasteiger partial charge on any atom is -0.389 e. The van der Waals surface area contributed by atoms with E-state index in [1.54, 1.807) is 32.2 Å². The molecule has 0 fully saturated rings. The number of hydrogen-bond donors (Lipinski definition) is 1. The quantitative estimate of drug-likeness (QED) is 0.874. The highest BCUT2D eigenvalue weighted by atomic mass is 32.2. The first kappa shape index (κ1) is 16.1. The summed E-state index contributed by atoms with van der Waals surface area (Å²) in [6, 6.07) is 6.45. The molecule has 0 radical (unpaired) electrons. The molecule has 0 amide bonds. The fourth-order valence-electron chi connectivity index (χ4n) is 1.94. The minimum atomic E-state index is -3.49. The van der Waals surface area contributed by atoms with Gasteiger partial charge in [-0.3, -0.25) is 0 Å². The lowest BCUT2D eigenvalue weighted by Crippen LogP contribution is -2.35. The van der Waals surface area contributed by atoms with Gasteiger partial charge < -0.3 is 5.11 Å². The Hall–Kier alpha value is -0.910. The van der Waals surface area contributed by atoms with Crippen LogP contribution >= 0.6 is 0 Å². The largest absolute Gasteiger partial charge is 0.389 e. The molecule has 0 saturated carbocycles. The van der Waals surface area contributed by atoms with Crippen LogP contribution < -0.4 is 0 Å². The molecule has 2 atom stereocenters. The average Bonchev–Trinajstić information content (AvgIpc) is 2.38. The van der Waals surface area contributed by atoms with E-state index >= 15 is 0 Å². The minimum absolute atomic E-state index is 0.0368. The summed E-state index contributed by atoms with van der Waals surface area (Å²) in [4.78, 5) is 0.233. The Balaban J connectivity index is 3.09. The summed E-state index contributed by atoms with van der Waals surface area (Å²) in [7, 11) is -1.89. The Kier molecular flexibility index (Phi) is 5.52. The molecule has 1 rings (SSSR count). The topological polar surface area (TPSA) is 57.6 Å². The molecule has 0 saturated heterocycles. The summed E-state index contributed by atoms with van der Waals surface area (Å²) in [6.07, 6.45) is 1.09. The van der Waals surface area contributed by atoms with Gasteiger partial charge in [0, 0.05) is 13.1 Å². The van der Waals surface area contributed by atoms with Crippen LogP contribution in [0.1, 0.15) is 45.3 Å². The first-order valence-electron chi connectivity index (χ1n) is 6.56. The van der Waals surface area contributed by atoms with Crippen LogP contribution in [0.3, 0.4) is 0 Å². The summed E-state index contributed by atoms with van der Waals surface area (Å²) in [5, 5.41) is 9.54. The highest BCUT2D eigenvalue weighted by molar-refractivity contribution is 7.89. The maximum atomic E-state index is 12.5. The highest BCUT2D eigenvalue weighted by Gasteiger charge is 2.25. The zero-order chi connectivity index (χ0) is 14.6. The first-order chi connectivity index (χ1) is 8.80. The van der Waals surface area contributed by atoms with Crippen molar-refractivity contribution in [2.45, 2.75) is 50.7 Å². The van der Waals surface area contributed by atoms with Crippen molar-refractivity contribution in [1.82, 2.24) is 4.31 Å². The summed E-state index contributed by atoms with van der Waals surface area (Å²) < 4.78 is 26.3. The molecule has 4 nitrogen and oxygen atoms in total. The van der Waals surface area contributed by atoms with Gasteiger partial charge in [-0.15, -0.1) is 0 Å². The molecular weight excluding hydrogens is 262 g/mol. The normalized spacial score (nSPS) is 15.5. The second-order valence-corrected chi connectivity index (χ2v) is 6.90. The van der Waals surface area contributed by atoms with E-state index in [4.69, 9.17) is 0 Å². The number of aliphatic hydroxyl groups excluding tert-OH is 1. The number of benzene rings is 1. The number of hydrogen-bond acceptors (Lipinski definition) is 3. The summed E-state index contributed by atoms with van der Waals surface area (Å²) in [5.41, 5.74) is 0.609. The van der Waals surface area contributed by atoms with Crippen LogP contribution in [-0.4, -0.2) is 30.9 Å². The van der Waals surface area contributed by atoms with Crippen molar-refractivity contribution in [1.29, 1.82) is 0 Å². The Morgan fingerprint density at radius 1 is 1.32 bits per heavy atom. The first-order valence-corrected chi connectivity index (χ1v) is 8.00. The molecule has 0 spiro atoms. The summed E-state index contributed by atoms with van der Waals surface area (Å²) in [5.74, 6) is 0. The lowest BCUT2D eigenvalue weighted by Gasteiger charge is -2.24. The summed E-state index contributed by atoms with van der Waals surface area (Å²) in [6.45, 7) is 5.56. The van der Waals surface area contributed by atoms with Gasteiger partial charge in [0.15, 0.2) is 0 Å². The molecule has 1 aromatic rings. The van der Waals surface area contributed by atoms with Gasteiger partial charge in [0.2, 0.25) is 10.0 Å². The highest BCUT2D eigenvalue weighted by Crippen LogP contribution is 2.22. The third-order valence-corrected chi connectivity index (χ3v) is 5.31. The lowest BCUT2D eigenvalue weighted by molar-refractivity contribution is 0.199. The van der Waals surface area contributed by atoms with E-state index in [1.165, 1.54) is 10.4 Å². The Morgan fingerprint density at radius 3 is 2.47 bits per heavy atom. The van der Waals surface area contributed by atoms with Gasteiger partial charge in [-0.2, -0.15) is 4.31 Å². The summed E-state index contributed by atoms with van der Waals surface area (Å²) >= 11 is 0. The van der Waals surface area contributed by atoms with Gasteiger partial charge >= 0.3 is 0 Å². The van der Waals surface area contributed by atoms with E-state index in [1.807, 2.05) is 13.8 Å². The molecule has 0 heterocycles. The standard InChI is InChI=1S/C14H23NO3S/c1-5-7-11(2)15(4)19(17,18)14-9-6-8-13(10-14)12(3)16/h6,8-12,16H,5,7H2,1-4H3. The fourth-order valence-corrected chi connectivity index (χ4v) is 3.38. The monoisotopic (exact) mass is 285 g/mol. The molecule has 0 aliphatic heterocycles. The number of aliphatic hydroxyl groups is 1. The van der Waals surface area contributed by atoms with E-state index < -0.39 is 16.1 Å². The Bertz CT molecular complexity index is 511. The molecule has 0 aliphatic rings. The fraction of sp³-hybridized carbons (Fsp3) is 0.571. The van der Waals surface area contributed by atoms with Gasteiger partial charge in [-0.25, -0.2) is 8.42 Å². The lowest BCUT2D eigenvalue weighted by atomic mass is 10.1. The third-order valence-electron chi connectivity index (χ3n) is 3.34. The molecule has 19 heavy (non-hydrogen) atoms. The molecule has 108 valence electrons. The van der Waals surface area contributed by atoms with E-state index in [0.29, 0.717) is 5.56 Å². The van der Waals surface area contributed by atoms with Gasteiger partial charge in [-0.05, 0) is 38.0 Å².